The van der Waals surface area contributed by atoms with Gasteiger partial charge in [0.2, 0.25) is 11.8 Å². The Hall–Kier alpha value is -4.76. The molecule has 2 aromatic carbocycles. The van der Waals surface area contributed by atoms with E-state index in [-0.39, 0.29) is 57.3 Å². The predicted octanol–water partition coefficient (Wildman–Crippen LogP) is 4.71. The summed E-state index contributed by atoms with van der Waals surface area (Å²) in [7, 11) is 5.33. The van der Waals surface area contributed by atoms with Crippen LogP contribution in [0.3, 0.4) is 0 Å². The number of likely N-dealkylation sites (tertiary alicyclic amines) is 1. The van der Waals surface area contributed by atoms with E-state index in [1.54, 1.807) is 18.0 Å². The zero-order valence-corrected chi connectivity index (χ0v) is 25.4. The molecule has 3 aromatic rings. The van der Waals surface area contributed by atoms with E-state index in [1.165, 1.54) is 19.4 Å². The molecule has 0 radical (unpaired) electrons. The van der Waals surface area contributed by atoms with Crippen LogP contribution in [-0.2, 0) is 5.54 Å². The van der Waals surface area contributed by atoms with Gasteiger partial charge < -0.3 is 29.9 Å². The number of methoxy groups -OCH3 is 1. The van der Waals surface area contributed by atoms with Crippen LogP contribution in [0, 0.1) is 22.6 Å². The molecule has 2 aliphatic heterocycles. The highest BCUT2D eigenvalue weighted by Crippen LogP contribution is 2.57. The second-order valence-corrected chi connectivity index (χ2v) is 12.7. The summed E-state index contributed by atoms with van der Waals surface area (Å²) < 4.78 is 26.9. The summed E-state index contributed by atoms with van der Waals surface area (Å²) in [6.07, 6.45) is 7.10. The minimum absolute atomic E-state index is 0.00600. The molecule has 0 unspecified atom stereocenters. The maximum atomic E-state index is 15.3. The minimum atomic E-state index is -0.731. The topological polar surface area (TPSA) is 133 Å². The molecule has 4 aliphatic rings. The average Bonchev–Trinajstić information content (AvgIpc) is 3.79. The standard InChI is InChI=1S/C33H34FN7O4/c1-40-11-9-32(10-12-40)15-20(16-32)37-28(42)21-13-26(44-3)24(14-23(21)34)38-31-36-18-19(17-35)29(39-31)45-25-6-4-5-22-27(25)30(43)41(2)33(22)7-8-33/h4-6,13-14,18,20H,7-12,15-16H2,1-3H3,(H,37,42)(H,36,38,39). The lowest BCUT2D eigenvalue weighted by Crippen LogP contribution is -2.54. The van der Waals surface area contributed by atoms with Crippen molar-refractivity contribution >= 4 is 23.5 Å². The molecule has 2 saturated carbocycles. The lowest BCUT2D eigenvalue weighted by Gasteiger charge is -2.52. The largest absolute Gasteiger partial charge is 0.495 e. The molecule has 3 heterocycles. The van der Waals surface area contributed by atoms with Crippen molar-refractivity contribution in [3.8, 4) is 23.4 Å². The minimum Gasteiger partial charge on any atom is -0.495 e. The van der Waals surface area contributed by atoms with Gasteiger partial charge in [0, 0.05) is 19.2 Å². The van der Waals surface area contributed by atoms with Gasteiger partial charge in [-0.05, 0) is 81.8 Å². The maximum absolute atomic E-state index is 15.3. The quantitative estimate of drug-likeness (QED) is 0.390. The van der Waals surface area contributed by atoms with Gasteiger partial charge in [0.1, 0.15) is 28.9 Å². The van der Waals surface area contributed by atoms with Crippen LogP contribution in [0.4, 0.5) is 16.0 Å². The summed E-state index contributed by atoms with van der Waals surface area (Å²) in [6.45, 7) is 2.12. The number of carbonyl (C=O) groups is 2. The van der Waals surface area contributed by atoms with Crippen molar-refractivity contribution in [2.24, 2.45) is 5.41 Å². The highest BCUT2D eigenvalue weighted by atomic mass is 19.1. The van der Waals surface area contributed by atoms with Crippen LogP contribution in [-0.4, -0.2) is 71.9 Å². The van der Waals surface area contributed by atoms with Crippen molar-refractivity contribution in [2.75, 3.05) is 39.6 Å². The molecule has 45 heavy (non-hydrogen) atoms. The first kappa shape index (κ1) is 29.0. The van der Waals surface area contributed by atoms with E-state index in [1.807, 2.05) is 18.2 Å². The van der Waals surface area contributed by atoms with Crippen molar-refractivity contribution in [1.82, 2.24) is 25.1 Å². The van der Waals surface area contributed by atoms with E-state index in [0.717, 1.165) is 63.2 Å². The highest BCUT2D eigenvalue weighted by molar-refractivity contribution is 6.03. The van der Waals surface area contributed by atoms with Crippen LogP contribution in [0.2, 0.25) is 0 Å². The Balaban J connectivity index is 1.09. The van der Waals surface area contributed by atoms with E-state index < -0.39 is 11.7 Å². The zero-order chi connectivity index (χ0) is 31.5. The van der Waals surface area contributed by atoms with Gasteiger partial charge in [-0.3, -0.25) is 9.59 Å². The number of anilines is 2. The maximum Gasteiger partial charge on any atom is 0.258 e. The second-order valence-electron chi connectivity index (χ2n) is 12.7. The summed E-state index contributed by atoms with van der Waals surface area (Å²) in [5.74, 6) is -0.916. The third-order valence-electron chi connectivity index (χ3n) is 10.0. The van der Waals surface area contributed by atoms with Crippen LogP contribution in [0.1, 0.15) is 70.4 Å². The lowest BCUT2D eigenvalue weighted by atomic mass is 9.60. The molecule has 2 spiro atoms. The number of amides is 2. The number of benzene rings is 2. The molecule has 12 heteroatoms. The van der Waals surface area contributed by atoms with Gasteiger partial charge in [-0.15, -0.1) is 0 Å². The third kappa shape index (κ3) is 4.91. The normalized spacial score (nSPS) is 19.5. The molecule has 11 nitrogen and oxygen atoms in total. The fourth-order valence-electron chi connectivity index (χ4n) is 7.14. The first-order chi connectivity index (χ1) is 21.6. The summed E-state index contributed by atoms with van der Waals surface area (Å²) in [5.41, 5.74) is 1.47. The molecule has 1 aromatic heterocycles. The molecule has 0 atom stereocenters. The Labute approximate surface area is 260 Å². The van der Waals surface area contributed by atoms with E-state index in [4.69, 9.17) is 9.47 Å². The predicted molar refractivity (Wildman–Crippen MR) is 162 cm³/mol. The Kier molecular flexibility index (Phi) is 6.89. The number of halogens is 1. The van der Waals surface area contributed by atoms with E-state index in [0.29, 0.717) is 11.3 Å². The molecular weight excluding hydrogens is 577 g/mol. The number of hydrogen-bond donors (Lipinski definition) is 2. The van der Waals surface area contributed by atoms with Crippen molar-refractivity contribution < 1.29 is 23.5 Å². The Bertz CT molecular complexity index is 1750. The highest BCUT2D eigenvalue weighted by Gasteiger charge is 2.57. The molecule has 0 bridgehead atoms. The number of fused-ring (bicyclic) bond motifs is 2. The smallest absolute Gasteiger partial charge is 0.258 e. The van der Waals surface area contributed by atoms with Gasteiger partial charge in [-0.2, -0.15) is 10.2 Å². The lowest BCUT2D eigenvalue weighted by molar-refractivity contribution is 0.0138. The van der Waals surface area contributed by atoms with Crippen molar-refractivity contribution in [3.63, 3.8) is 0 Å². The third-order valence-corrected chi connectivity index (χ3v) is 10.0. The molecule has 2 aliphatic carbocycles. The van der Waals surface area contributed by atoms with Gasteiger partial charge >= 0.3 is 0 Å². The fourth-order valence-corrected chi connectivity index (χ4v) is 7.14. The molecule has 2 N–H and O–H groups in total. The summed E-state index contributed by atoms with van der Waals surface area (Å²) in [6, 6.07) is 9.95. The van der Waals surface area contributed by atoms with Gasteiger partial charge in [-0.1, -0.05) is 12.1 Å². The van der Waals surface area contributed by atoms with Crippen molar-refractivity contribution in [1.29, 1.82) is 5.26 Å². The monoisotopic (exact) mass is 611 g/mol. The number of carbonyl (C=O) groups excluding carboxylic acids is 2. The first-order valence-electron chi connectivity index (χ1n) is 15.2. The molecular formula is C33H34FN7O4. The van der Waals surface area contributed by atoms with Crippen LogP contribution < -0.4 is 20.1 Å². The number of nitriles is 1. The number of hydrogen-bond acceptors (Lipinski definition) is 9. The zero-order valence-electron chi connectivity index (χ0n) is 25.4. The van der Waals surface area contributed by atoms with Gasteiger partial charge in [0.15, 0.2) is 0 Å². The van der Waals surface area contributed by atoms with Crippen LogP contribution in [0.15, 0.2) is 36.5 Å². The van der Waals surface area contributed by atoms with Crippen LogP contribution >= 0.6 is 0 Å². The Morgan fingerprint density at radius 2 is 1.89 bits per heavy atom. The SMILES string of the molecule is COc1cc(C(=O)NC2CC3(CCN(C)CC3)C2)c(F)cc1Nc1ncc(C#N)c(Oc2cccc3c2C(=O)N(C)C32CC2)n1. The van der Waals surface area contributed by atoms with E-state index in [9.17, 15) is 14.9 Å². The molecule has 232 valence electrons. The van der Waals surface area contributed by atoms with Crippen LogP contribution in [0.25, 0.3) is 0 Å². The molecule has 3 fully saturated rings. The summed E-state index contributed by atoms with van der Waals surface area (Å²) in [5, 5.41) is 15.6. The van der Waals surface area contributed by atoms with E-state index in [2.05, 4.69) is 32.5 Å². The van der Waals surface area contributed by atoms with Gasteiger partial charge in [0.25, 0.3) is 11.8 Å². The summed E-state index contributed by atoms with van der Waals surface area (Å²) in [4.78, 5) is 38.8. The first-order valence-corrected chi connectivity index (χ1v) is 15.2. The second kappa shape index (κ2) is 10.7. The van der Waals surface area contributed by atoms with E-state index >= 15 is 4.39 Å². The van der Waals surface area contributed by atoms with Crippen molar-refractivity contribution in [3.05, 3.63) is 64.6 Å². The Morgan fingerprint density at radius 1 is 1.13 bits per heavy atom. The molecule has 2 amide bonds. The van der Waals surface area contributed by atoms with Crippen LogP contribution in [0.5, 0.6) is 17.4 Å². The fraction of sp³-hybridized carbons (Fsp3) is 0.424. The van der Waals surface area contributed by atoms with Gasteiger partial charge in [-0.25, -0.2) is 9.37 Å². The number of piperidine rings is 1. The number of nitrogens with zero attached hydrogens (tertiary/aromatic N) is 5. The molecule has 7 rings (SSSR count). The summed E-state index contributed by atoms with van der Waals surface area (Å²) >= 11 is 0. The number of rotatable bonds is 7. The average molecular weight is 612 g/mol. The molecule has 1 saturated heterocycles. The Morgan fingerprint density at radius 3 is 2.58 bits per heavy atom. The number of aromatic nitrogens is 2. The van der Waals surface area contributed by atoms with Crippen molar-refractivity contribution in [2.45, 2.75) is 50.1 Å². The van der Waals surface area contributed by atoms with Gasteiger partial charge in [0.05, 0.1) is 35.7 Å². The number of ether oxygens (including phenoxy) is 2. The number of nitrogens with one attached hydrogen (secondary N) is 2.